The standard InChI is InChI=1S/C17H27N3O/c1-17(11-7-3-4-8-12-17)13-19-16(18)20-14-9-5-6-10-15(14)21-2/h5-6,9-10H,3-4,7-8,11-13H2,1-2H3,(H3,18,19,20). The average molecular weight is 289 g/mol. The maximum absolute atomic E-state index is 6.03. The van der Waals surface area contributed by atoms with E-state index in [1.807, 2.05) is 24.3 Å². The van der Waals surface area contributed by atoms with Crippen molar-refractivity contribution in [1.29, 1.82) is 0 Å². The molecule has 0 saturated heterocycles. The summed E-state index contributed by atoms with van der Waals surface area (Å²) in [5, 5.41) is 3.14. The topological polar surface area (TPSA) is 59.6 Å². The van der Waals surface area contributed by atoms with E-state index in [4.69, 9.17) is 10.5 Å². The smallest absolute Gasteiger partial charge is 0.193 e. The molecule has 0 aromatic heterocycles. The second-order valence-electron chi connectivity index (χ2n) is 6.25. The molecule has 4 nitrogen and oxygen atoms in total. The van der Waals surface area contributed by atoms with Crippen molar-refractivity contribution in [2.75, 3.05) is 19.0 Å². The third-order valence-corrected chi connectivity index (χ3v) is 4.31. The van der Waals surface area contributed by atoms with Crippen LogP contribution in [0.4, 0.5) is 5.69 Å². The van der Waals surface area contributed by atoms with Gasteiger partial charge in [-0.3, -0.25) is 4.99 Å². The summed E-state index contributed by atoms with van der Waals surface area (Å²) in [4.78, 5) is 4.56. The molecule has 0 radical (unpaired) electrons. The number of hydrogen-bond acceptors (Lipinski definition) is 2. The Balaban J connectivity index is 1.97. The number of anilines is 1. The van der Waals surface area contributed by atoms with Crippen LogP contribution in [-0.2, 0) is 0 Å². The lowest BCUT2D eigenvalue weighted by molar-refractivity contribution is 0.290. The predicted octanol–water partition coefficient (Wildman–Crippen LogP) is 3.78. The Hall–Kier alpha value is -1.71. The molecule has 0 heterocycles. The highest BCUT2D eigenvalue weighted by atomic mass is 16.5. The van der Waals surface area contributed by atoms with Gasteiger partial charge in [-0.15, -0.1) is 0 Å². The number of methoxy groups -OCH3 is 1. The fraction of sp³-hybridized carbons (Fsp3) is 0.588. The van der Waals surface area contributed by atoms with Gasteiger partial charge in [-0.1, -0.05) is 44.7 Å². The van der Waals surface area contributed by atoms with Crippen LogP contribution < -0.4 is 15.8 Å². The second-order valence-corrected chi connectivity index (χ2v) is 6.25. The Labute approximate surface area is 127 Å². The number of rotatable bonds is 4. The fourth-order valence-corrected chi connectivity index (χ4v) is 2.94. The van der Waals surface area contributed by atoms with Crippen LogP contribution in [0.2, 0.25) is 0 Å². The quantitative estimate of drug-likeness (QED) is 0.504. The van der Waals surface area contributed by atoms with Gasteiger partial charge in [0.2, 0.25) is 0 Å². The van der Waals surface area contributed by atoms with Crippen molar-refractivity contribution in [3.8, 4) is 5.75 Å². The highest BCUT2D eigenvalue weighted by Crippen LogP contribution is 2.34. The van der Waals surface area contributed by atoms with Gasteiger partial charge >= 0.3 is 0 Å². The van der Waals surface area contributed by atoms with Gasteiger partial charge < -0.3 is 15.8 Å². The molecule has 1 saturated carbocycles. The van der Waals surface area contributed by atoms with E-state index in [-0.39, 0.29) is 0 Å². The summed E-state index contributed by atoms with van der Waals surface area (Å²) in [6.45, 7) is 3.12. The minimum atomic E-state index is 0.295. The van der Waals surface area contributed by atoms with Crippen LogP contribution in [0.1, 0.15) is 45.4 Å². The van der Waals surface area contributed by atoms with Gasteiger partial charge in [0.05, 0.1) is 12.8 Å². The number of benzene rings is 1. The van der Waals surface area contributed by atoms with Gasteiger partial charge in [0, 0.05) is 6.54 Å². The first-order valence-corrected chi connectivity index (χ1v) is 7.83. The second kappa shape index (κ2) is 7.34. The first-order chi connectivity index (χ1) is 10.1. The first kappa shape index (κ1) is 15.7. The van der Waals surface area contributed by atoms with Gasteiger partial charge in [0.15, 0.2) is 5.96 Å². The number of nitrogens with two attached hydrogens (primary N) is 1. The lowest BCUT2D eigenvalue weighted by Gasteiger charge is -2.26. The van der Waals surface area contributed by atoms with Crippen LogP contribution in [0.3, 0.4) is 0 Å². The third kappa shape index (κ3) is 4.66. The summed E-state index contributed by atoms with van der Waals surface area (Å²) in [6, 6.07) is 7.73. The number of aliphatic imine (C=N–C) groups is 1. The molecule has 0 atom stereocenters. The number of guanidine groups is 1. The Morgan fingerprint density at radius 1 is 1.24 bits per heavy atom. The van der Waals surface area contributed by atoms with Crippen LogP contribution >= 0.6 is 0 Å². The van der Waals surface area contributed by atoms with Gasteiger partial charge in [-0.2, -0.15) is 0 Å². The number of nitrogens with zero attached hydrogens (tertiary/aromatic N) is 1. The van der Waals surface area contributed by atoms with E-state index < -0.39 is 0 Å². The molecule has 0 aliphatic heterocycles. The zero-order valence-electron chi connectivity index (χ0n) is 13.2. The summed E-state index contributed by atoms with van der Waals surface area (Å²) in [5.74, 6) is 1.24. The molecule has 0 bridgehead atoms. The molecule has 0 spiro atoms. The van der Waals surface area contributed by atoms with E-state index in [1.54, 1.807) is 7.11 Å². The summed E-state index contributed by atoms with van der Waals surface area (Å²) in [6.07, 6.45) is 7.83. The average Bonchev–Trinajstić information content (AvgIpc) is 2.71. The summed E-state index contributed by atoms with van der Waals surface area (Å²) >= 11 is 0. The van der Waals surface area contributed by atoms with E-state index in [9.17, 15) is 0 Å². The van der Waals surface area contributed by atoms with E-state index in [0.717, 1.165) is 18.0 Å². The Kier molecular flexibility index (Phi) is 5.48. The molecular formula is C17H27N3O. The van der Waals surface area contributed by atoms with Crippen molar-refractivity contribution in [2.45, 2.75) is 45.4 Å². The van der Waals surface area contributed by atoms with Crippen molar-refractivity contribution >= 4 is 11.6 Å². The van der Waals surface area contributed by atoms with E-state index in [1.165, 1.54) is 38.5 Å². The zero-order chi connectivity index (χ0) is 15.1. The van der Waals surface area contributed by atoms with Crippen molar-refractivity contribution in [3.05, 3.63) is 24.3 Å². The maximum atomic E-state index is 6.03. The molecule has 21 heavy (non-hydrogen) atoms. The van der Waals surface area contributed by atoms with Crippen molar-refractivity contribution in [3.63, 3.8) is 0 Å². The molecule has 1 aliphatic rings. The molecule has 2 rings (SSSR count). The number of ether oxygens (including phenoxy) is 1. The van der Waals surface area contributed by atoms with Crippen LogP contribution in [0.5, 0.6) is 5.75 Å². The maximum Gasteiger partial charge on any atom is 0.193 e. The molecule has 0 amide bonds. The Morgan fingerprint density at radius 2 is 1.90 bits per heavy atom. The van der Waals surface area contributed by atoms with E-state index in [0.29, 0.717) is 11.4 Å². The molecule has 1 fully saturated rings. The van der Waals surface area contributed by atoms with E-state index in [2.05, 4.69) is 17.2 Å². The highest BCUT2D eigenvalue weighted by Gasteiger charge is 2.25. The molecular weight excluding hydrogens is 262 g/mol. The highest BCUT2D eigenvalue weighted by molar-refractivity contribution is 5.93. The molecule has 116 valence electrons. The van der Waals surface area contributed by atoms with Crippen LogP contribution in [0, 0.1) is 5.41 Å². The SMILES string of the molecule is COc1ccccc1NC(N)=NCC1(C)CCCCCC1. The molecule has 1 aliphatic carbocycles. The minimum Gasteiger partial charge on any atom is -0.495 e. The predicted molar refractivity (Wildman–Crippen MR) is 88.9 cm³/mol. The molecule has 1 aromatic carbocycles. The van der Waals surface area contributed by atoms with Gasteiger partial charge in [-0.25, -0.2) is 0 Å². The third-order valence-electron chi connectivity index (χ3n) is 4.31. The summed E-state index contributed by atoms with van der Waals surface area (Å²) in [7, 11) is 1.65. The van der Waals surface area contributed by atoms with Gasteiger partial charge in [-0.05, 0) is 30.4 Å². The number of para-hydroxylation sites is 2. The van der Waals surface area contributed by atoms with E-state index >= 15 is 0 Å². The monoisotopic (exact) mass is 289 g/mol. The number of nitrogens with one attached hydrogen (secondary N) is 1. The zero-order valence-corrected chi connectivity index (χ0v) is 13.2. The van der Waals surface area contributed by atoms with Crippen LogP contribution in [0.25, 0.3) is 0 Å². The molecule has 1 aromatic rings. The van der Waals surface area contributed by atoms with Gasteiger partial charge in [0.1, 0.15) is 5.75 Å². The molecule has 4 heteroatoms. The largest absolute Gasteiger partial charge is 0.495 e. The molecule has 0 unspecified atom stereocenters. The Morgan fingerprint density at radius 3 is 2.57 bits per heavy atom. The van der Waals surface area contributed by atoms with Crippen molar-refractivity contribution in [1.82, 2.24) is 0 Å². The Bertz CT molecular complexity index is 477. The number of hydrogen-bond donors (Lipinski definition) is 2. The lowest BCUT2D eigenvalue weighted by atomic mass is 9.83. The normalized spacial score (nSPS) is 18.9. The van der Waals surface area contributed by atoms with Crippen molar-refractivity contribution < 1.29 is 4.74 Å². The van der Waals surface area contributed by atoms with Crippen LogP contribution in [0.15, 0.2) is 29.3 Å². The molecule has 3 N–H and O–H groups in total. The first-order valence-electron chi connectivity index (χ1n) is 7.83. The van der Waals surface area contributed by atoms with Gasteiger partial charge in [0.25, 0.3) is 0 Å². The summed E-state index contributed by atoms with van der Waals surface area (Å²) < 4.78 is 5.30. The minimum absolute atomic E-state index is 0.295. The van der Waals surface area contributed by atoms with Crippen LogP contribution in [-0.4, -0.2) is 19.6 Å². The summed E-state index contributed by atoms with van der Waals surface area (Å²) in [5.41, 5.74) is 7.18. The van der Waals surface area contributed by atoms with Crippen molar-refractivity contribution in [2.24, 2.45) is 16.1 Å². The fourth-order valence-electron chi connectivity index (χ4n) is 2.94. The lowest BCUT2D eigenvalue weighted by Crippen LogP contribution is -2.27.